The van der Waals surface area contributed by atoms with Crippen LogP contribution in [0.4, 0.5) is 0 Å². The van der Waals surface area contributed by atoms with Crippen molar-refractivity contribution in [2.75, 3.05) is 0 Å². The van der Waals surface area contributed by atoms with Crippen molar-refractivity contribution in [3.63, 3.8) is 0 Å². The van der Waals surface area contributed by atoms with Crippen LogP contribution in [0.15, 0.2) is 80.8 Å². The van der Waals surface area contributed by atoms with Crippen molar-refractivity contribution >= 4 is 11.8 Å². The van der Waals surface area contributed by atoms with E-state index in [1.807, 2.05) is 60.7 Å². The van der Waals surface area contributed by atoms with E-state index in [-0.39, 0.29) is 11.0 Å². The molecule has 2 aromatic carbocycles. The minimum atomic E-state index is -0.467. The van der Waals surface area contributed by atoms with E-state index in [1.165, 1.54) is 0 Å². The molecule has 0 aliphatic carbocycles. The first-order valence-electron chi connectivity index (χ1n) is 9.18. The van der Waals surface area contributed by atoms with Crippen molar-refractivity contribution in [1.29, 1.82) is 0 Å². The molecule has 1 N–H and O–H groups in total. The highest BCUT2D eigenvalue weighted by molar-refractivity contribution is 7.99. The van der Waals surface area contributed by atoms with Crippen molar-refractivity contribution in [3.8, 4) is 17.1 Å². The molecule has 1 atom stereocenters. The van der Waals surface area contributed by atoms with Gasteiger partial charge in [0.1, 0.15) is 11.5 Å². The fourth-order valence-electron chi connectivity index (χ4n) is 2.94. The van der Waals surface area contributed by atoms with E-state index in [9.17, 15) is 9.90 Å². The third-order valence-corrected chi connectivity index (χ3v) is 5.67. The smallest absolute Gasteiger partial charge is 0.344 e. The van der Waals surface area contributed by atoms with E-state index in [2.05, 4.69) is 13.8 Å². The maximum absolute atomic E-state index is 12.8. The molecule has 3 aromatic rings. The molecule has 0 aliphatic rings. The van der Waals surface area contributed by atoms with Gasteiger partial charge in [0, 0.05) is 21.8 Å². The van der Waals surface area contributed by atoms with Crippen LogP contribution < -0.4 is 5.63 Å². The Morgan fingerprint density at radius 2 is 1.59 bits per heavy atom. The summed E-state index contributed by atoms with van der Waals surface area (Å²) in [5, 5.41) is 10.5. The first-order chi connectivity index (χ1) is 13.0. The second-order valence-electron chi connectivity index (χ2n) is 6.95. The lowest BCUT2D eigenvalue weighted by atomic mass is 10.0. The molecule has 0 spiro atoms. The summed E-state index contributed by atoms with van der Waals surface area (Å²) in [4.78, 5) is 13.8. The summed E-state index contributed by atoms with van der Waals surface area (Å²) >= 11 is 1.59. The number of rotatable bonds is 7. The highest BCUT2D eigenvalue weighted by Crippen LogP contribution is 2.41. The fraction of sp³-hybridized carbons (Fsp3) is 0.261. The van der Waals surface area contributed by atoms with Gasteiger partial charge in [-0.15, -0.1) is 11.8 Å². The second-order valence-corrected chi connectivity index (χ2v) is 8.23. The monoisotopic (exact) mass is 380 g/mol. The van der Waals surface area contributed by atoms with Crippen molar-refractivity contribution in [3.05, 3.63) is 82.7 Å². The highest BCUT2D eigenvalue weighted by atomic mass is 32.2. The highest BCUT2D eigenvalue weighted by Gasteiger charge is 2.23. The molecular weight excluding hydrogens is 356 g/mol. The van der Waals surface area contributed by atoms with Crippen molar-refractivity contribution < 1.29 is 9.52 Å². The standard InChI is InChI=1S/C23H24O3S/c1-16(2)13-14-21(27-18-11-7-4-8-12-18)22-19(24)15-20(26-23(22)25)17-9-5-3-6-10-17/h3-12,15-16,21,24H,13-14H2,1-2H3/t21-/m0/s1. The van der Waals surface area contributed by atoms with Crippen LogP contribution in [0.25, 0.3) is 11.3 Å². The molecule has 27 heavy (non-hydrogen) atoms. The Balaban J connectivity index is 1.97. The van der Waals surface area contributed by atoms with Crippen LogP contribution in [-0.2, 0) is 0 Å². The Morgan fingerprint density at radius 3 is 2.19 bits per heavy atom. The van der Waals surface area contributed by atoms with Crippen molar-refractivity contribution in [1.82, 2.24) is 0 Å². The minimum absolute atomic E-state index is 0.00212. The second kappa shape index (κ2) is 8.96. The molecule has 3 rings (SSSR count). The third kappa shape index (κ3) is 5.04. The summed E-state index contributed by atoms with van der Waals surface area (Å²) in [6.45, 7) is 4.32. The molecule has 0 unspecified atom stereocenters. The summed E-state index contributed by atoms with van der Waals surface area (Å²) in [6.07, 6.45) is 1.75. The van der Waals surface area contributed by atoms with Gasteiger partial charge in [0.2, 0.25) is 0 Å². The first-order valence-corrected chi connectivity index (χ1v) is 10.1. The zero-order valence-electron chi connectivity index (χ0n) is 15.6. The summed E-state index contributed by atoms with van der Waals surface area (Å²) in [5.74, 6) is 0.901. The Hall–Kier alpha value is -2.46. The number of thioether (sulfide) groups is 1. The maximum atomic E-state index is 12.8. The molecule has 0 saturated heterocycles. The Morgan fingerprint density at radius 1 is 0.963 bits per heavy atom. The lowest BCUT2D eigenvalue weighted by molar-refractivity contribution is 0.434. The van der Waals surface area contributed by atoms with Gasteiger partial charge in [0.05, 0.1) is 5.56 Å². The molecule has 4 heteroatoms. The topological polar surface area (TPSA) is 50.4 Å². The van der Waals surface area contributed by atoms with Gasteiger partial charge in [-0.05, 0) is 30.9 Å². The zero-order chi connectivity index (χ0) is 19.2. The summed E-state index contributed by atoms with van der Waals surface area (Å²) in [6, 6.07) is 20.9. The summed E-state index contributed by atoms with van der Waals surface area (Å²) < 4.78 is 5.57. The maximum Gasteiger partial charge on any atom is 0.344 e. The SMILES string of the molecule is CC(C)CC[C@H](Sc1ccccc1)c1c(O)cc(-c2ccccc2)oc1=O. The van der Waals surface area contributed by atoms with Gasteiger partial charge in [0.25, 0.3) is 0 Å². The number of benzene rings is 2. The van der Waals surface area contributed by atoms with E-state index in [1.54, 1.807) is 17.8 Å². The van der Waals surface area contributed by atoms with Crippen LogP contribution >= 0.6 is 11.8 Å². The molecule has 0 bridgehead atoms. The molecule has 0 fully saturated rings. The van der Waals surface area contributed by atoms with Gasteiger partial charge in [-0.2, -0.15) is 0 Å². The van der Waals surface area contributed by atoms with Crippen molar-refractivity contribution in [2.45, 2.75) is 36.8 Å². The Labute approximate surface area is 164 Å². The van der Waals surface area contributed by atoms with Gasteiger partial charge in [-0.3, -0.25) is 0 Å². The number of aromatic hydroxyl groups is 1. The van der Waals surface area contributed by atoms with Crippen LogP contribution in [-0.4, -0.2) is 5.11 Å². The van der Waals surface area contributed by atoms with Crippen LogP contribution in [0.5, 0.6) is 5.75 Å². The predicted molar refractivity (Wildman–Crippen MR) is 111 cm³/mol. The van der Waals surface area contributed by atoms with Gasteiger partial charge in [-0.25, -0.2) is 4.79 Å². The van der Waals surface area contributed by atoms with E-state index < -0.39 is 5.63 Å². The zero-order valence-corrected chi connectivity index (χ0v) is 16.4. The van der Waals surface area contributed by atoms with E-state index >= 15 is 0 Å². The number of hydrogen-bond donors (Lipinski definition) is 1. The van der Waals surface area contributed by atoms with Crippen LogP contribution in [0.2, 0.25) is 0 Å². The summed E-state index contributed by atoms with van der Waals surface area (Å²) in [7, 11) is 0. The molecular formula is C23H24O3S. The van der Waals surface area contributed by atoms with Gasteiger partial charge >= 0.3 is 5.63 Å². The van der Waals surface area contributed by atoms with Gasteiger partial charge in [-0.1, -0.05) is 62.4 Å². The molecule has 0 aliphatic heterocycles. The van der Waals surface area contributed by atoms with E-state index in [0.29, 0.717) is 17.2 Å². The van der Waals surface area contributed by atoms with Crippen molar-refractivity contribution in [2.24, 2.45) is 5.92 Å². The first kappa shape index (κ1) is 19.3. The molecule has 0 saturated carbocycles. The molecule has 1 aromatic heterocycles. The lowest BCUT2D eigenvalue weighted by Crippen LogP contribution is -2.12. The normalized spacial score (nSPS) is 12.3. The molecule has 3 nitrogen and oxygen atoms in total. The van der Waals surface area contributed by atoms with Crippen LogP contribution in [0.3, 0.4) is 0 Å². The molecule has 140 valence electrons. The number of hydrogen-bond acceptors (Lipinski definition) is 4. The fourth-order valence-corrected chi connectivity index (χ4v) is 4.17. The van der Waals surface area contributed by atoms with Crippen LogP contribution in [0.1, 0.15) is 37.5 Å². The quantitative estimate of drug-likeness (QED) is 0.490. The molecule has 0 radical (unpaired) electrons. The Kier molecular flexibility index (Phi) is 6.40. The Bertz CT molecular complexity index is 917. The van der Waals surface area contributed by atoms with Crippen LogP contribution in [0, 0.1) is 5.92 Å². The minimum Gasteiger partial charge on any atom is -0.507 e. The van der Waals surface area contributed by atoms with Gasteiger partial charge < -0.3 is 9.52 Å². The van der Waals surface area contributed by atoms with Gasteiger partial charge in [0.15, 0.2) is 0 Å². The summed E-state index contributed by atoms with van der Waals surface area (Å²) in [5.41, 5.74) is 0.654. The third-order valence-electron chi connectivity index (χ3n) is 4.37. The van der Waals surface area contributed by atoms with E-state index in [4.69, 9.17) is 4.42 Å². The molecule has 1 heterocycles. The predicted octanol–water partition coefficient (Wildman–Crippen LogP) is 6.28. The average molecular weight is 381 g/mol. The average Bonchev–Trinajstić information content (AvgIpc) is 2.66. The lowest BCUT2D eigenvalue weighted by Gasteiger charge is -2.18. The molecule has 0 amide bonds. The largest absolute Gasteiger partial charge is 0.507 e. The van der Waals surface area contributed by atoms with E-state index in [0.717, 1.165) is 23.3 Å².